The topological polar surface area (TPSA) is 15.6 Å². The maximum absolute atomic E-state index is 5.67. The average Bonchev–Trinajstić information content (AvgIpc) is 3.35. The van der Waals surface area contributed by atoms with Crippen LogP contribution in [0.15, 0.2) is 168 Å². The second-order valence-electron chi connectivity index (χ2n) is 13.1. The van der Waals surface area contributed by atoms with Crippen LogP contribution in [0.2, 0.25) is 0 Å². The van der Waals surface area contributed by atoms with E-state index in [-0.39, 0.29) is 5.41 Å². The number of fused-ring (bicyclic) bond motifs is 4. The summed E-state index contributed by atoms with van der Waals surface area (Å²) < 4.78 is 0. The second kappa shape index (κ2) is 11.4. The van der Waals surface area contributed by atoms with Crippen LogP contribution >= 0.6 is 0 Å². The number of rotatable bonds is 5. The Bertz CT molecular complexity index is 2100. The van der Waals surface area contributed by atoms with Gasteiger partial charge in [0.15, 0.2) is 0 Å². The molecule has 0 saturated carbocycles. The third kappa shape index (κ3) is 4.51. The molecule has 2 aliphatic rings. The number of para-hydroxylation sites is 1. The van der Waals surface area contributed by atoms with Crippen LogP contribution in [0.25, 0.3) is 17.2 Å². The van der Waals surface area contributed by atoms with Gasteiger partial charge in [-0.2, -0.15) is 0 Å². The van der Waals surface area contributed by atoms with Crippen molar-refractivity contribution in [2.75, 3.05) is 4.90 Å². The fourth-order valence-electron chi connectivity index (χ4n) is 7.81. The molecule has 0 unspecified atom stereocenters. The van der Waals surface area contributed by atoms with Gasteiger partial charge in [0.1, 0.15) is 5.54 Å². The van der Waals surface area contributed by atoms with Crippen molar-refractivity contribution in [3.63, 3.8) is 0 Å². The van der Waals surface area contributed by atoms with E-state index >= 15 is 0 Å². The predicted octanol–water partition coefficient (Wildman–Crippen LogP) is 11.3. The van der Waals surface area contributed by atoms with Gasteiger partial charge in [0.05, 0.1) is 5.71 Å². The summed E-state index contributed by atoms with van der Waals surface area (Å²) in [5, 5.41) is 0. The molecular formula is C45H38N2. The quantitative estimate of drug-likeness (QED) is 0.191. The van der Waals surface area contributed by atoms with Crippen LogP contribution in [0.5, 0.6) is 0 Å². The van der Waals surface area contributed by atoms with Crippen molar-refractivity contribution in [1.29, 1.82) is 0 Å². The van der Waals surface area contributed by atoms with Crippen molar-refractivity contribution in [2.45, 2.75) is 38.1 Å². The van der Waals surface area contributed by atoms with Crippen molar-refractivity contribution in [3.05, 3.63) is 197 Å². The fraction of sp³-hybridized carbons (Fsp3) is 0.133. The number of hydrogen-bond acceptors (Lipinski definition) is 2. The molecule has 2 heteroatoms. The van der Waals surface area contributed by atoms with Gasteiger partial charge in [-0.25, -0.2) is 0 Å². The molecule has 0 spiro atoms. The molecule has 0 amide bonds. The SMILES string of the molecule is CCC1=Cc2ccccc2N(c2ccc3c(c2)C(C)(C)c2ccccc2-3)C(c2ccccc2)(c2ccccc2)C(c2ccccc2)=N1. The van der Waals surface area contributed by atoms with E-state index in [9.17, 15) is 0 Å². The maximum Gasteiger partial charge on any atom is 0.138 e. The third-order valence-corrected chi connectivity index (χ3v) is 10.1. The molecule has 1 aliphatic heterocycles. The van der Waals surface area contributed by atoms with E-state index in [0.717, 1.165) is 51.5 Å². The van der Waals surface area contributed by atoms with Crippen LogP contribution < -0.4 is 4.90 Å². The van der Waals surface area contributed by atoms with Crippen LogP contribution in [0.3, 0.4) is 0 Å². The summed E-state index contributed by atoms with van der Waals surface area (Å²) in [7, 11) is 0. The number of allylic oxidation sites excluding steroid dienone is 1. The smallest absolute Gasteiger partial charge is 0.138 e. The Balaban J connectivity index is 1.55. The van der Waals surface area contributed by atoms with Gasteiger partial charge in [-0.1, -0.05) is 160 Å². The van der Waals surface area contributed by atoms with Crippen LogP contribution in [0, 0.1) is 0 Å². The normalized spacial score (nSPS) is 15.8. The highest BCUT2D eigenvalue weighted by molar-refractivity contribution is 6.14. The average molecular weight is 607 g/mol. The van der Waals surface area contributed by atoms with E-state index in [1.807, 2.05) is 0 Å². The zero-order valence-corrected chi connectivity index (χ0v) is 27.2. The lowest BCUT2D eigenvalue weighted by molar-refractivity contribution is 0.656. The third-order valence-electron chi connectivity index (χ3n) is 10.1. The molecule has 2 nitrogen and oxygen atoms in total. The van der Waals surface area contributed by atoms with Gasteiger partial charge in [0.25, 0.3) is 0 Å². The number of nitrogens with zero attached hydrogens (tertiary/aromatic N) is 2. The van der Waals surface area contributed by atoms with E-state index in [0.29, 0.717) is 0 Å². The minimum Gasteiger partial charge on any atom is -0.321 e. The molecule has 0 atom stereocenters. The summed E-state index contributed by atoms with van der Waals surface area (Å²) >= 11 is 0. The molecule has 228 valence electrons. The highest BCUT2D eigenvalue weighted by atomic mass is 15.2. The van der Waals surface area contributed by atoms with Crippen molar-refractivity contribution in [1.82, 2.24) is 0 Å². The summed E-state index contributed by atoms with van der Waals surface area (Å²) in [4.78, 5) is 8.25. The van der Waals surface area contributed by atoms with Crippen LogP contribution in [-0.4, -0.2) is 5.71 Å². The lowest BCUT2D eigenvalue weighted by Crippen LogP contribution is -2.52. The Labute approximate surface area is 278 Å². The van der Waals surface area contributed by atoms with Gasteiger partial charge in [-0.15, -0.1) is 0 Å². The Morgan fingerprint density at radius 2 is 1.15 bits per heavy atom. The van der Waals surface area contributed by atoms with E-state index in [1.54, 1.807) is 0 Å². The molecule has 6 aromatic rings. The Kier molecular flexibility index (Phi) is 7.03. The van der Waals surface area contributed by atoms with Crippen LogP contribution in [0.4, 0.5) is 11.4 Å². The summed E-state index contributed by atoms with van der Waals surface area (Å²) in [6.45, 7) is 6.92. The number of anilines is 2. The highest BCUT2D eigenvalue weighted by Gasteiger charge is 2.48. The van der Waals surface area contributed by atoms with Gasteiger partial charge in [-0.05, 0) is 75.2 Å². The van der Waals surface area contributed by atoms with Crippen molar-refractivity contribution >= 4 is 23.2 Å². The lowest BCUT2D eigenvalue weighted by Gasteiger charge is -2.48. The molecule has 8 rings (SSSR count). The van der Waals surface area contributed by atoms with Gasteiger partial charge in [-0.3, -0.25) is 4.99 Å². The molecule has 47 heavy (non-hydrogen) atoms. The van der Waals surface area contributed by atoms with Crippen LogP contribution in [0.1, 0.15) is 60.6 Å². The van der Waals surface area contributed by atoms with E-state index in [4.69, 9.17) is 4.99 Å². The Morgan fingerprint density at radius 3 is 1.83 bits per heavy atom. The zero-order valence-electron chi connectivity index (χ0n) is 27.2. The molecule has 0 bridgehead atoms. The summed E-state index contributed by atoms with van der Waals surface area (Å²) in [6, 6.07) is 57.5. The highest BCUT2D eigenvalue weighted by Crippen LogP contribution is 2.53. The maximum atomic E-state index is 5.67. The fourth-order valence-corrected chi connectivity index (χ4v) is 7.81. The van der Waals surface area contributed by atoms with Gasteiger partial charge >= 0.3 is 0 Å². The molecule has 1 aliphatic carbocycles. The largest absolute Gasteiger partial charge is 0.321 e. The van der Waals surface area contributed by atoms with Crippen molar-refractivity contribution in [2.24, 2.45) is 4.99 Å². The first-order chi connectivity index (χ1) is 23.0. The lowest BCUT2D eigenvalue weighted by atomic mass is 9.73. The predicted molar refractivity (Wildman–Crippen MR) is 197 cm³/mol. The van der Waals surface area contributed by atoms with Crippen molar-refractivity contribution in [3.8, 4) is 11.1 Å². The van der Waals surface area contributed by atoms with Gasteiger partial charge in [0.2, 0.25) is 0 Å². The van der Waals surface area contributed by atoms with E-state index < -0.39 is 5.54 Å². The van der Waals surface area contributed by atoms with E-state index in [2.05, 4.69) is 189 Å². The zero-order chi connectivity index (χ0) is 32.0. The van der Waals surface area contributed by atoms with Gasteiger partial charge < -0.3 is 4.90 Å². The minimum atomic E-state index is -0.821. The number of hydrogen-bond donors (Lipinski definition) is 0. The molecule has 0 radical (unpaired) electrons. The first-order valence-electron chi connectivity index (χ1n) is 16.6. The monoisotopic (exact) mass is 606 g/mol. The molecule has 1 heterocycles. The summed E-state index contributed by atoms with van der Waals surface area (Å²) in [5.74, 6) is 0. The second-order valence-corrected chi connectivity index (χ2v) is 13.1. The molecular weight excluding hydrogens is 569 g/mol. The van der Waals surface area contributed by atoms with E-state index in [1.165, 1.54) is 22.3 Å². The molecule has 6 aromatic carbocycles. The molecule has 0 aromatic heterocycles. The molecule has 0 N–H and O–H groups in total. The number of benzene rings is 6. The Morgan fingerprint density at radius 1 is 0.574 bits per heavy atom. The number of aliphatic imine (C=N–C) groups is 1. The van der Waals surface area contributed by atoms with Gasteiger partial charge in [0, 0.05) is 22.5 Å². The first kappa shape index (κ1) is 29.0. The minimum absolute atomic E-state index is 0.141. The molecule has 0 saturated heterocycles. The summed E-state index contributed by atoms with van der Waals surface area (Å²) in [5.41, 5.74) is 13.3. The van der Waals surface area contributed by atoms with Crippen LogP contribution in [-0.2, 0) is 11.0 Å². The standard InChI is InChI=1S/C45H38N2/c1-4-36-30-33-20-14-17-27-42(33)47(37-28-29-39-38-25-15-16-26-40(38)44(2,3)41(39)31-37)45(34-21-10-6-11-22-34,35-23-12-7-13-24-35)43(46-36)32-18-8-5-9-19-32/h5-31H,4H2,1-3H3. The molecule has 0 fully saturated rings. The Hall–Kier alpha value is -5.47. The summed E-state index contributed by atoms with van der Waals surface area (Å²) in [6.07, 6.45) is 3.09. The first-order valence-corrected chi connectivity index (χ1v) is 16.6. The van der Waals surface area contributed by atoms with Crippen molar-refractivity contribution < 1.29 is 0 Å².